The Morgan fingerprint density at radius 1 is 1.33 bits per heavy atom. The SMILES string of the molecule is Cc1c(C(C)NC2C(C)CCCC2C)cnn1C. The normalized spacial score (nSPS) is 30.4. The van der Waals surface area contributed by atoms with E-state index < -0.39 is 0 Å². The predicted octanol–water partition coefficient (Wildman–Crippen LogP) is 3.20. The largest absolute Gasteiger partial charge is 0.307 e. The van der Waals surface area contributed by atoms with Crippen molar-refractivity contribution < 1.29 is 0 Å². The van der Waals surface area contributed by atoms with Gasteiger partial charge in [0, 0.05) is 30.4 Å². The smallest absolute Gasteiger partial charge is 0.0540 e. The Bertz CT molecular complexity index is 386. The molecule has 1 fully saturated rings. The van der Waals surface area contributed by atoms with Gasteiger partial charge in [-0.3, -0.25) is 4.68 Å². The number of nitrogens with one attached hydrogen (secondary N) is 1. The topological polar surface area (TPSA) is 29.9 Å². The fourth-order valence-electron chi connectivity index (χ4n) is 3.33. The molecule has 0 aliphatic heterocycles. The summed E-state index contributed by atoms with van der Waals surface area (Å²) in [6.45, 7) is 9.18. The van der Waals surface area contributed by atoms with Gasteiger partial charge in [-0.05, 0) is 38.5 Å². The van der Waals surface area contributed by atoms with Gasteiger partial charge in [0.15, 0.2) is 0 Å². The van der Waals surface area contributed by atoms with Crippen LogP contribution in [0.25, 0.3) is 0 Å². The van der Waals surface area contributed by atoms with Crippen LogP contribution in [0.4, 0.5) is 0 Å². The summed E-state index contributed by atoms with van der Waals surface area (Å²) in [5.74, 6) is 1.57. The second-order valence-corrected chi connectivity index (χ2v) is 6.11. The molecule has 0 saturated heterocycles. The van der Waals surface area contributed by atoms with Gasteiger partial charge in [0.1, 0.15) is 0 Å². The molecule has 3 heteroatoms. The van der Waals surface area contributed by atoms with Crippen LogP contribution in [0.15, 0.2) is 6.20 Å². The Balaban J connectivity index is 2.06. The van der Waals surface area contributed by atoms with E-state index in [1.54, 1.807) is 0 Å². The van der Waals surface area contributed by atoms with E-state index in [1.807, 2.05) is 17.9 Å². The van der Waals surface area contributed by atoms with E-state index in [0.29, 0.717) is 12.1 Å². The molecule has 1 saturated carbocycles. The quantitative estimate of drug-likeness (QED) is 0.891. The molecule has 1 heterocycles. The molecule has 1 N–H and O–H groups in total. The first-order valence-electron chi connectivity index (χ1n) is 7.25. The first-order valence-corrected chi connectivity index (χ1v) is 7.25. The lowest BCUT2D eigenvalue weighted by Gasteiger charge is -2.37. The molecule has 3 unspecified atom stereocenters. The standard InChI is InChI=1S/C15H27N3/c1-10-7-6-8-11(2)15(10)17-12(3)14-9-16-18(5)13(14)4/h9-12,15,17H,6-8H2,1-5H3. The highest BCUT2D eigenvalue weighted by atomic mass is 15.3. The average Bonchev–Trinajstić information content (AvgIpc) is 2.65. The fraction of sp³-hybridized carbons (Fsp3) is 0.800. The summed E-state index contributed by atoms with van der Waals surface area (Å²) in [5, 5.41) is 8.18. The zero-order valence-electron chi connectivity index (χ0n) is 12.4. The maximum Gasteiger partial charge on any atom is 0.0540 e. The number of hydrogen-bond acceptors (Lipinski definition) is 2. The predicted molar refractivity (Wildman–Crippen MR) is 75.5 cm³/mol. The number of aryl methyl sites for hydroxylation is 1. The van der Waals surface area contributed by atoms with Crippen LogP contribution in [0.5, 0.6) is 0 Å². The van der Waals surface area contributed by atoms with Crippen LogP contribution < -0.4 is 5.32 Å². The molecular formula is C15H27N3. The van der Waals surface area contributed by atoms with Crippen molar-refractivity contribution in [2.75, 3.05) is 0 Å². The first kappa shape index (κ1) is 13.6. The van der Waals surface area contributed by atoms with Crippen LogP contribution in [0.2, 0.25) is 0 Å². The number of nitrogens with zero attached hydrogens (tertiary/aromatic N) is 2. The highest BCUT2D eigenvalue weighted by Gasteiger charge is 2.29. The van der Waals surface area contributed by atoms with Crippen molar-refractivity contribution >= 4 is 0 Å². The molecule has 0 spiro atoms. The second kappa shape index (κ2) is 5.43. The highest BCUT2D eigenvalue weighted by Crippen LogP contribution is 2.31. The molecular weight excluding hydrogens is 222 g/mol. The van der Waals surface area contributed by atoms with Crippen molar-refractivity contribution in [1.29, 1.82) is 0 Å². The summed E-state index contributed by atoms with van der Waals surface area (Å²) in [6, 6.07) is 1.04. The fourth-order valence-corrected chi connectivity index (χ4v) is 3.33. The van der Waals surface area contributed by atoms with Gasteiger partial charge in [0.25, 0.3) is 0 Å². The summed E-state index contributed by atoms with van der Waals surface area (Å²) in [4.78, 5) is 0. The van der Waals surface area contributed by atoms with Crippen LogP contribution in [0.3, 0.4) is 0 Å². The molecule has 3 atom stereocenters. The molecule has 2 rings (SSSR count). The summed E-state index contributed by atoms with van der Waals surface area (Å²) >= 11 is 0. The summed E-state index contributed by atoms with van der Waals surface area (Å²) in [7, 11) is 2.01. The molecule has 0 radical (unpaired) electrons. The summed E-state index contributed by atoms with van der Waals surface area (Å²) in [6.07, 6.45) is 6.12. The van der Waals surface area contributed by atoms with Crippen LogP contribution in [-0.4, -0.2) is 15.8 Å². The zero-order valence-corrected chi connectivity index (χ0v) is 12.4. The number of rotatable bonds is 3. The average molecular weight is 249 g/mol. The number of aromatic nitrogens is 2. The van der Waals surface area contributed by atoms with E-state index in [0.717, 1.165) is 11.8 Å². The Kier molecular flexibility index (Phi) is 4.10. The Hall–Kier alpha value is -0.830. The lowest BCUT2D eigenvalue weighted by atomic mass is 9.78. The number of hydrogen-bond donors (Lipinski definition) is 1. The van der Waals surface area contributed by atoms with Gasteiger partial charge >= 0.3 is 0 Å². The van der Waals surface area contributed by atoms with E-state index in [2.05, 4.69) is 38.1 Å². The van der Waals surface area contributed by atoms with Crippen LogP contribution in [0.1, 0.15) is 57.3 Å². The summed E-state index contributed by atoms with van der Waals surface area (Å²) < 4.78 is 1.96. The van der Waals surface area contributed by atoms with E-state index in [-0.39, 0.29) is 0 Å². The molecule has 1 aliphatic carbocycles. The minimum Gasteiger partial charge on any atom is -0.307 e. The van der Waals surface area contributed by atoms with E-state index in [4.69, 9.17) is 0 Å². The molecule has 0 bridgehead atoms. The Morgan fingerprint density at radius 3 is 2.44 bits per heavy atom. The maximum absolute atomic E-state index is 4.35. The second-order valence-electron chi connectivity index (χ2n) is 6.11. The van der Waals surface area contributed by atoms with Gasteiger partial charge in [-0.15, -0.1) is 0 Å². The minimum atomic E-state index is 0.395. The molecule has 0 amide bonds. The highest BCUT2D eigenvalue weighted by molar-refractivity contribution is 5.20. The van der Waals surface area contributed by atoms with Gasteiger partial charge in [-0.25, -0.2) is 0 Å². The third-order valence-corrected chi connectivity index (χ3v) is 4.73. The first-order chi connectivity index (χ1) is 8.50. The van der Waals surface area contributed by atoms with Gasteiger partial charge in [-0.2, -0.15) is 5.10 Å². The van der Waals surface area contributed by atoms with Gasteiger partial charge in [0.05, 0.1) is 6.20 Å². The zero-order chi connectivity index (χ0) is 13.3. The van der Waals surface area contributed by atoms with Crippen molar-refractivity contribution in [3.05, 3.63) is 17.5 Å². The van der Waals surface area contributed by atoms with Gasteiger partial charge in [0.2, 0.25) is 0 Å². The van der Waals surface area contributed by atoms with Crippen molar-refractivity contribution in [2.45, 2.75) is 59.0 Å². The Morgan fingerprint density at radius 2 is 1.94 bits per heavy atom. The van der Waals surface area contributed by atoms with Crippen LogP contribution in [-0.2, 0) is 7.05 Å². The molecule has 18 heavy (non-hydrogen) atoms. The van der Waals surface area contributed by atoms with Gasteiger partial charge in [-0.1, -0.05) is 20.3 Å². The van der Waals surface area contributed by atoms with Crippen molar-refractivity contribution in [3.63, 3.8) is 0 Å². The third-order valence-electron chi connectivity index (χ3n) is 4.73. The van der Waals surface area contributed by atoms with E-state index in [1.165, 1.54) is 30.5 Å². The van der Waals surface area contributed by atoms with E-state index in [9.17, 15) is 0 Å². The van der Waals surface area contributed by atoms with Crippen molar-refractivity contribution in [1.82, 2.24) is 15.1 Å². The molecule has 0 aromatic carbocycles. The lowest BCUT2D eigenvalue weighted by Crippen LogP contribution is -2.43. The molecule has 1 aromatic heterocycles. The van der Waals surface area contributed by atoms with E-state index >= 15 is 0 Å². The molecule has 1 aliphatic rings. The van der Waals surface area contributed by atoms with Crippen LogP contribution >= 0.6 is 0 Å². The van der Waals surface area contributed by atoms with Gasteiger partial charge < -0.3 is 5.32 Å². The molecule has 3 nitrogen and oxygen atoms in total. The minimum absolute atomic E-state index is 0.395. The lowest BCUT2D eigenvalue weighted by molar-refractivity contribution is 0.196. The van der Waals surface area contributed by atoms with Crippen molar-refractivity contribution in [2.24, 2.45) is 18.9 Å². The Labute approximate surface area is 111 Å². The van der Waals surface area contributed by atoms with Crippen molar-refractivity contribution in [3.8, 4) is 0 Å². The molecule has 102 valence electrons. The third kappa shape index (κ3) is 2.61. The molecule has 1 aromatic rings. The van der Waals surface area contributed by atoms with Crippen LogP contribution in [0, 0.1) is 18.8 Å². The maximum atomic E-state index is 4.35. The monoisotopic (exact) mass is 249 g/mol. The summed E-state index contributed by atoms with van der Waals surface area (Å²) in [5.41, 5.74) is 2.61.